The monoisotopic (exact) mass is 340 g/mol. The molecule has 6 unspecified atom stereocenters. The van der Waals surface area contributed by atoms with Crippen molar-refractivity contribution in [3.63, 3.8) is 0 Å². The Hall–Kier alpha value is -1.78. The topological polar surface area (TPSA) is 52.6 Å². The fourth-order valence-corrected chi connectivity index (χ4v) is 4.60. The minimum absolute atomic E-state index is 0.0407. The molecule has 1 heterocycles. The predicted molar refractivity (Wildman–Crippen MR) is 93.4 cm³/mol. The molecule has 6 atom stereocenters. The molecule has 3 aliphatic rings. The van der Waals surface area contributed by atoms with E-state index in [1.807, 2.05) is 32.9 Å². The third-order valence-corrected chi connectivity index (χ3v) is 5.83. The average Bonchev–Trinajstić information content (AvgIpc) is 2.91. The first-order valence-electron chi connectivity index (χ1n) is 9.01. The zero-order valence-corrected chi connectivity index (χ0v) is 15.1. The number of Topliss-reactive ketones (excluding diaryl/α,β-unsaturated/α-hetero) is 2. The van der Waals surface area contributed by atoms with Gasteiger partial charge in [-0.1, -0.05) is 50.3 Å². The van der Waals surface area contributed by atoms with Crippen LogP contribution in [0.5, 0.6) is 0 Å². The van der Waals surface area contributed by atoms with Crippen LogP contribution in [0.15, 0.2) is 36.4 Å². The lowest BCUT2D eigenvalue weighted by atomic mass is 9.65. The van der Waals surface area contributed by atoms with Gasteiger partial charge in [0.2, 0.25) is 0 Å². The van der Waals surface area contributed by atoms with Crippen molar-refractivity contribution in [1.82, 2.24) is 0 Å². The lowest BCUT2D eigenvalue weighted by Crippen LogP contribution is -2.47. The summed E-state index contributed by atoms with van der Waals surface area (Å²) in [5.41, 5.74) is 1.09. The molecule has 0 saturated carbocycles. The quantitative estimate of drug-likeness (QED) is 0.732. The molecule has 25 heavy (non-hydrogen) atoms. The summed E-state index contributed by atoms with van der Waals surface area (Å²) < 4.78 is 12.3. The van der Waals surface area contributed by atoms with Crippen LogP contribution in [0.25, 0.3) is 0 Å². The SMILES string of the molecule is CC1C=CC(C2C(=O)c3ccccc3C(=O)C2C)C2OC(C)(C)OC12. The molecule has 1 aliphatic heterocycles. The number of benzene rings is 1. The smallest absolute Gasteiger partial charge is 0.168 e. The van der Waals surface area contributed by atoms with Crippen molar-refractivity contribution in [3.05, 3.63) is 47.5 Å². The molecule has 0 aromatic heterocycles. The van der Waals surface area contributed by atoms with E-state index in [1.165, 1.54) is 0 Å². The van der Waals surface area contributed by atoms with Crippen LogP contribution in [0.4, 0.5) is 0 Å². The van der Waals surface area contributed by atoms with Gasteiger partial charge in [-0.3, -0.25) is 9.59 Å². The van der Waals surface area contributed by atoms with Crippen molar-refractivity contribution in [3.8, 4) is 0 Å². The maximum absolute atomic E-state index is 13.2. The van der Waals surface area contributed by atoms with E-state index in [9.17, 15) is 9.59 Å². The van der Waals surface area contributed by atoms with Crippen molar-refractivity contribution in [2.75, 3.05) is 0 Å². The first-order chi connectivity index (χ1) is 11.8. The lowest BCUT2D eigenvalue weighted by molar-refractivity contribution is -0.151. The van der Waals surface area contributed by atoms with Crippen LogP contribution in [0, 0.1) is 23.7 Å². The lowest BCUT2D eigenvalue weighted by Gasteiger charge is -2.39. The molecule has 4 heteroatoms. The minimum atomic E-state index is -0.670. The van der Waals surface area contributed by atoms with Gasteiger partial charge >= 0.3 is 0 Å². The second-order valence-electron chi connectivity index (χ2n) is 7.97. The summed E-state index contributed by atoms with van der Waals surface area (Å²) in [6, 6.07) is 7.14. The number of ketones is 2. The van der Waals surface area contributed by atoms with E-state index < -0.39 is 11.7 Å². The molecular formula is C21H24O4. The maximum Gasteiger partial charge on any atom is 0.168 e. The summed E-state index contributed by atoms with van der Waals surface area (Å²) in [5.74, 6) is -1.28. The summed E-state index contributed by atoms with van der Waals surface area (Å²) in [6.45, 7) is 7.77. The van der Waals surface area contributed by atoms with E-state index in [0.717, 1.165) is 0 Å². The van der Waals surface area contributed by atoms with Gasteiger partial charge in [-0.25, -0.2) is 0 Å². The van der Waals surface area contributed by atoms with E-state index in [0.29, 0.717) is 11.1 Å². The zero-order valence-electron chi connectivity index (χ0n) is 15.1. The van der Waals surface area contributed by atoms with Gasteiger partial charge in [-0.15, -0.1) is 0 Å². The average molecular weight is 340 g/mol. The highest BCUT2D eigenvalue weighted by atomic mass is 16.8. The Bertz CT molecular complexity index is 763. The van der Waals surface area contributed by atoms with Crippen molar-refractivity contribution in [2.24, 2.45) is 23.7 Å². The number of hydrogen-bond donors (Lipinski definition) is 0. The van der Waals surface area contributed by atoms with Crippen molar-refractivity contribution in [2.45, 2.75) is 45.7 Å². The second kappa shape index (κ2) is 5.61. The van der Waals surface area contributed by atoms with Gasteiger partial charge in [-0.05, 0) is 13.8 Å². The first-order valence-corrected chi connectivity index (χ1v) is 9.01. The van der Waals surface area contributed by atoms with Crippen molar-refractivity contribution >= 4 is 11.6 Å². The van der Waals surface area contributed by atoms with E-state index in [-0.39, 0.29) is 41.5 Å². The largest absolute Gasteiger partial charge is 0.344 e. The van der Waals surface area contributed by atoms with Gasteiger partial charge in [0.1, 0.15) is 0 Å². The predicted octanol–water partition coefficient (Wildman–Crippen LogP) is 3.66. The van der Waals surface area contributed by atoms with Gasteiger partial charge in [0.25, 0.3) is 0 Å². The van der Waals surface area contributed by atoms with E-state index in [2.05, 4.69) is 19.1 Å². The summed E-state index contributed by atoms with van der Waals surface area (Å²) >= 11 is 0. The number of fused-ring (bicyclic) bond motifs is 2. The normalized spacial score (nSPS) is 39.2. The summed E-state index contributed by atoms with van der Waals surface area (Å²) in [4.78, 5) is 26.1. The number of carbonyl (C=O) groups excluding carboxylic acids is 2. The Morgan fingerprint density at radius 2 is 1.48 bits per heavy atom. The Balaban J connectivity index is 1.75. The third-order valence-electron chi connectivity index (χ3n) is 5.83. The Kier molecular flexibility index (Phi) is 3.74. The molecular weight excluding hydrogens is 316 g/mol. The number of hydrogen-bond acceptors (Lipinski definition) is 4. The highest BCUT2D eigenvalue weighted by Gasteiger charge is 2.53. The van der Waals surface area contributed by atoms with E-state index >= 15 is 0 Å². The number of ether oxygens (including phenoxy) is 2. The van der Waals surface area contributed by atoms with Crippen LogP contribution in [0.1, 0.15) is 48.4 Å². The Morgan fingerprint density at radius 1 is 0.880 bits per heavy atom. The van der Waals surface area contributed by atoms with Crippen molar-refractivity contribution < 1.29 is 19.1 Å². The molecule has 4 nitrogen and oxygen atoms in total. The van der Waals surface area contributed by atoms with Crippen LogP contribution in [-0.2, 0) is 9.47 Å². The Morgan fingerprint density at radius 3 is 2.16 bits per heavy atom. The molecule has 0 bridgehead atoms. The maximum atomic E-state index is 13.2. The summed E-state index contributed by atoms with van der Waals surface area (Å²) in [5, 5.41) is 0. The molecule has 0 N–H and O–H groups in total. The first kappa shape index (κ1) is 16.7. The molecule has 1 fully saturated rings. The van der Waals surface area contributed by atoms with Crippen LogP contribution in [-0.4, -0.2) is 29.6 Å². The molecule has 1 saturated heterocycles. The minimum Gasteiger partial charge on any atom is -0.344 e. The molecule has 0 spiro atoms. The zero-order chi connectivity index (χ0) is 17.9. The molecule has 0 amide bonds. The van der Waals surface area contributed by atoms with Gasteiger partial charge in [0.15, 0.2) is 17.4 Å². The third kappa shape index (κ3) is 2.51. The van der Waals surface area contributed by atoms with Crippen LogP contribution >= 0.6 is 0 Å². The summed E-state index contributed by atoms with van der Waals surface area (Å²) in [7, 11) is 0. The number of carbonyl (C=O) groups is 2. The van der Waals surface area contributed by atoms with Crippen LogP contribution < -0.4 is 0 Å². The van der Waals surface area contributed by atoms with Crippen LogP contribution in [0.2, 0.25) is 0 Å². The summed E-state index contributed by atoms with van der Waals surface area (Å²) in [6.07, 6.45) is 3.88. The molecule has 4 rings (SSSR count). The second-order valence-corrected chi connectivity index (χ2v) is 7.97. The number of rotatable bonds is 1. The Labute approximate surface area is 148 Å². The molecule has 1 aromatic carbocycles. The van der Waals surface area contributed by atoms with E-state index in [4.69, 9.17) is 9.47 Å². The highest BCUT2D eigenvalue weighted by Crippen LogP contribution is 2.46. The van der Waals surface area contributed by atoms with E-state index in [1.54, 1.807) is 12.1 Å². The fraction of sp³-hybridized carbons (Fsp3) is 0.524. The van der Waals surface area contributed by atoms with Gasteiger partial charge < -0.3 is 9.47 Å². The van der Waals surface area contributed by atoms with Crippen LogP contribution in [0.3, 0.4) is 0 Å². The molecule has 0 radical (unpaired) electrons. The van der Waals surface area contributed by atoms with Crippen molar-refractivity contribution in [1.29, 1.82) is 0 Å². The molecule has 132 valence electrons. The fourth-order valence-electron chi connectivity index (χ4n) is 4.60. The molecule has 1 aromatic rings. The highest BCUT2D eigenvalue weighted by molar-refractivity contribution is 6.16. The van der Waals surface area contributed by atoms with Gasteiger partial charge in [0, 0.05) is 34.8 Å². The van der Waals surface area contributed by atoms with Gasteiger partial charge in [-0.2, -0.15) is 0 Å². The molecule has 2 aliphatic carbocycles. The standard InChI is InChI=1S/C21H24O4/c1-11-9-10-15(20-19(11)24-21(3,4)25-20)16-12(2)17(22)13-7-5-6-8-14(13)18(16)23/h5-12,15-16,19-20H,1-4H3. The van der Waals surface area contributed by atoms with Gasteiger partial charge in [0.05, 0.1) is 12.2 Å².